The van der Waals surface area contributed by atoms with E-state index in [4.69, 9.17) is 9.84 Å². The molecule has 2 aliphatic rings. The van der Waals surface area contributed by atoms with Gasteiger partial charge in [0.2, 0.25) is 0 Å². The van der Waals surface area contributed by atoms with E-state index in [9.17, 15) is 18.7 Å². The lowest BCUT2D eigenvalue weighted by Crippen LogP contribution is -2.35. The molecule has 2 heterocycles. The molecule has 180 valence electrons. The number of halogens is 2. The fourth-order valence-corrected chi connectivity index (χ4v) is 4.03. The lowest BCUT2D eigenvalue weighted by molar-refractivity contribution is 0.0292. The maximum Gasteiger partial charge on any atom is 0.410 e. The Labute approximate surface area is 193 Å². The molecule has 0 bridgehead atoms. The number of benzene rings is 2. The van der Waals surface area contributed by atoms with Crippen LogP contribution >= 0.6 is 0 Å². The number of nitrogens with one attached hydrogen (secondary N) is 1. The molecule has 0 radical (unpaired) electrons. The van der Waals surface area contributed by atoms with Crippen molar-refractivity contribution in [3.05, 3.63) is 59.2 Å². The zero-order valence-electron chi connectivity index (χ0n) is 19.3. The van der Waals surface area contributed by atoms with Crippen LogP contribution in [0.1, 0.15) is 56.6 Å². The van der Waals surface area contributed by atoms with Gasteiger partial charge in [-0.2, -0.15) is 0 Å². The van der Waals surface area contributed by atoms with Crippen LogP contribution in [0.4, 0.5) is 13.6 Å². The number of rotatable bonds is 2. The molecule has 2 saturated heterocycles. The number of hydrogen-bond acceptors (Lipinski definition) is 5. The van der Waals surface area contributed by atoms with Crippen molar-refractivity contribution in [1.29, 1.82) is 0 Å². The number of hydrogen-bond donors (Lipinski definition) is 3. The van der Waals surface area contributed by atoms with Gasteiger partial charge >= 0.3 is 6.09 Å². The third-order valence-corrected chi connectivity index (χ3v) is 5.78. The zero-order valence-corrected chi connectivity index (χ0v) is 19.3. The van der Waals surface area contributed by atoms with E-state index in [1.54, 1.807) is 17.0 Å². The Bertz CT molecular complexity index is 971. The Morgan fingerprint density at radius 1 is 1.00 bits per heavy atom. The molecule has 1 amide bonds. The van der Waals surface area contributed by atoms with Gasteiger partial charge in [0, 0.05) is 25.6 Å². The first-order valence-electron chi connectivity index (χ1n) is 11.2. The van der Waals surface area contributed by atoms with Gasteiger partial charge in [0.15, 0.2) is 23.1 Å². The van der Waals surface area contributed by atoms with Gasteiger partial charge < -0.3 is 25.2 Å². The molecule has 2 atom stereocenters. The van der Waals surface area contributed by atoms with Crippen molar-refractivity contribution in [2.75, 3.05) is 26.2 Å². The fourth-order valence-electron chi connectivity index (χ4n) is 4.03. The molecule has 2 aliphatic heterocycles. The molecule has 6 nitrogen and oxygen atoms in total. The summed E-state index contributed by atoms with van der Waals surface area (Å²) in [5.74, 6) is -1.24. The van der Waals surface area contributed by atoms with Crippen molar-refractivity contribution in [3.8, 4) is 11.5 Å². The standard InChI is InChI=1S/C15H20FNO3.C10H12FNO/c1-15(2,3)20-14(19)17-7-6-11(9-17)10-4-5-12(16)13(18)8-10;11-9-2-1-7(5-10(9)13)8-3-4-12-6-8/h4-5,8,11,18H,6-7,9H2,1-3H3;1-2,5,8,12-13H,3-4,6H2. The normalized spacial score (nSPS) is 20.3. The first kappa shape index (κ1) is 24.8. The summed E-state index contributed by atoms with van der Waals surface area (Å²) in [6.45, 7) is 8.55. The smallest absolute Gasteiger partial charge is 0.410 e. The van der Waals surface area contributed by atoms with Crippen LogP contribution in [0, 0.1) is 11.6 Å². The number of amides is 1. The highest BCUT2D eigenvalue weighted by Gasteiger charge is 2.30. The number of likely N-dealkylation sites (tertiary alicyclic amines) is 1. The van der Waals surface area contributed by atoms with Gasteiger partial charge in [0.05, 0.1) is 0 Å². The van der Waals surface area contributed by atoms with E-state index in [0.29, 0.717) is 19.0 Å². The van der Waals surface area contributed by atoms with Crippen molar-refractivity contribution in [1.82, 2.24) is 10.2 Å². The van der Waals surface area contributed by atoms with Crippen molar-refractivity contribution in [3.63, 3.8) is 0 Å². The average Bonchev–Trinajstić information content (AvgIpc) is 3.44. The second kappa shape index (κ2) is 10.4. The Kier molecular flexibility index (Phi) is 7.79. The summed E-state index contributed by atoms with van der Waals surface area (Å²) >= 11 is 0. The Balaban J connectivity index is 0.000000203. The monoisotopic (exact) mass is 462 g/mol. The molecule has 2 aromatic rings. The molecular formula is C25H32F2N2O4. The van der Waals surface area contributed by atoms with Crippen LogP contribution in [-0.4, -0.2) is 53.0 Å². The van der Waals surface area contributed by atoms with Crippen LogP contribution in [0.3, 0.4) is 0 Å². The SMILES string of the molecule is CC(C)(C)OC(=O)N1CCC(c2ccc(F)c(O)c2)C1.Oc1cc(C2CCNC2)ccc1F. The molecule has 2 aromatic carbocycles. The lowest BCUT2D eigenvalue weighted by atomic mass is 9.98. The van der Waals surface area contributed by atoms with Crippen molar-refractivity contribution < 1.29 is 28.5 Å². The molecule has 0 aromatic heterocycles. The highest BCUT2D eigenvalue weighted by molar-refractivity contribution is 5.68. The number of ether oxygens (including phenoxy) is 1. The zero-order chi connectivity index (χ0) is 24.2. The van der Waals surface area contributed by atoms with Gasteiger partial charge in [0.25, 0.3) is 0 Å². The van der Waals surface area contributed by atoms with Gasteiger partial charge in [-0.15, -0.1) is 0 Å². The molecule has 33 heavy (non-hydrogen) atoms. The van der Waals surface area contributed by atoms with E-state index in [-0.39, 0.29) is 23.5 Å². The van der Waals surface area contributed by atoms with Gasteiger partial charge in [-0.25, -0.2) is 13.6 Å². The largest absolute Gasteiger partial charge is 0.505 e. The van der Waals surface area contributed by atoms with Gasteiger partial charge in [-0.05, 0) is 81.5 Å². The minimum absolute atomic E-state index is 0.106. The van der Waals surface area contributed by atoms with Gasteiger partial charge in [-0.1, -0.05) is 12.1 Å². The molecule has 0 spiro atoms. The summed E-state index contributed by atoms with van der Waals surface area (Å²) in [7, 11) is 0. The second-order valence-electron chi connectivity index (χ2n) is 9.52. The number of aromatic hydroxyl groups is 2. The molecule has 3 N–H and O–H groups in total. The highest BCUT2D eigenvalue weighted by atomic mass is 19.1. The fraction of sp³-hybridized carbons (Fsp3) is 0.480. The summed E-state index contributed by atoms with van der Waals surface area (Å²) < 4.78 is 31.1. The summed E-state index contributed by atoms with van der Waals surface area (Å²) in [5, 5.41) is 21.8. The highest BCUT2D eigenvalue weighted by Crippen LogP contribution is 2.31. The van der Waals surface area contributed by atoms with E-state index >= 15 is 0 Å². The first-order chi connectivity index (χ1) is 15.5. The summed E-state index contributed by atoms with van der Waals surface area (Å²) in [6.07, 6.45) is 1.52. The van der Waals surface area contributed by atoms with Crippen molar-refractivity contribution in [2.45, 2.75) is 51.0 Å². The van der Waals surface area contributed by atoms with Crippen LogP contribution in [-0.2, 0) is 4.74 Å². The van der Waals surface area contributed by atoms with Crippen molar-refractivity contribution in [2.24, 2.45) is 0 Å². The Morgan fingerprint density at radius 3 is 2.06 bits per heavy atom. The van der Waals surface area contributed by atoms with E-state index in [2.05, 4.69) is 5.32 Å². The van der Waals surface area contributed by atoms with Crippen molar-refractivity contribution >= 4 is 6.09 Å². The molecule has 8 heteroatoms. The van der Waals surface area contributed by atoms with Crippen LogP contribution in [0.25, 0.3) is 0 Å². The lowest BCUT2D eigenvalue weighted by Gasteiger charge is -2.24. The molecular weight excluding hydrogens is 430 g/mol. The van der Waals surface area contributed by atoms with E-state index in [1.165, 1.54) is 24.3 Å². The van der Waals surface area contributed by atoms with Crippen LogP contribution in [0.15, 0.2) is 36.4 Å². The third-order valence-electron chi connectivity index (χ3n) is 5.78. The minimum Gasteiger partial charge on any atom is -0.505 e. The molecule has 0 aliphatic carbocycles. The average molecular weight is 463 g/mol. The van der Waals surface area contributed by atoms with Gasteiger partial charge in [0.1, 0.15) is 5.60 Å². The number of phenolic OH excluding ortho intramolecular Hbond substituents is 2. The first-order valence-corrected chi connectivity index (χ1v) is 11.2. The van der Waals surface area contributed by atoms with Crippen LogP contribution in [0.5, 0.6) is 11.5 Å². The number of carbonyl (C=O) groups excluding carboxylic acids is 1. The quantitative estimate of drug-likeness (QED) is 0.594. The maximum atomic E-state index is 13.0. The Morgan fingerprint density at radius 2 is 1.58 bits per heavy atom. The topological polar surface area (TPSA) is 82.0 Å². The molecule has 0 saturated carbocycles. The molecule has 4 rings (SSSR count). The summed E-state index contributed by atoms with van der Waals surface area (Å²) in [5.41, 5.74) is 1.35. The van der Waals surface area contributed by atoms with E-state index in [0.717, 1.165) is 37.1 Å². The predicted octanol–water partition coefficient (Wildman–Crippen LogP) is 4.86. The maximum absolute atomic E-state index is 13.0. The Hall–Kier alpha value is -2.87. The summed E-state index contributed by atoms with van der Waals surface area (Å²) in [4.78, 5) is 13.6. The van der Waals surface area contributed by atoms with Crippen LogP contribution < -0.4 is 5.32 Å². The van der Waals surface area contributed by atoms with Gasteiger partial charge in [-0.3, -0.25) is 0 Å². The number of nitrogens with zero attached hydrogens (tertiary/aromatic N) is 1. The number of phenols is 2. The predicted molar refractivity (Wildman–Crippen MR) is 122 cm³/mol. The summed E-state index contributed by atoms with van der Waals surface area (Å²) in [6, 6.07) is 8.92. The third kappa shape index (κ3) is 6.81. The molecule has 2 unspecified atom stereocenters. The van der Waals surface area contributed by atoms with Crippen LogP contribution in [0.2, 0.25) is 0 Å². The molecule has 2 fully saturated rings. The van der Waals surface area contributed by atoms with E-state index in [1.807, 2.05) is 20.8 Å². The van der Waals surface area contributed by atoms with E-state index < -0.39 is 17.2 Å². The second-order valence-corrected chi connectivity index (χ2v) is 9.52. The minimum atomic E-state index is -0.629. The number of carbonyl (C=O) groups is 1.